The topological polar surface area (TPSA) is 75.2 Å². The Bertz CT molecular complexity index is 470. The van der Waals surface area contributed by atoms with Crippen molar-refractivity contribution in [1.82, 2.24) is 15.5 Å². The van der Waals surface area contributed by atoms with E-state index in [4.69, 9.17) is 9.47 Å². The predicted octanol–water partition coefficient (Wildman–Crippen LogP) is 2.39. The fraction of sp³-hybridized carbons (Fsp3) is 0.900. The summed E-state index contributed by atoms with van der Waals surface area (Å²) in [6, 6.07) is 0.426. The highest BCUT2D eigenvalue weighted by Gasteiger charge is 2.22. The number of guanidine groups is 1. The number of aliphatic imine (C=N–C) groups is 1. The van der Waals surface area contributed by atoms with Gasteiger partial charge >= 0.3 is 0 Å². The van der Waals surface area contributed by atoms with Crippen molar-refractivity contribution in [2.75, 3.05) is 47.0 Å². The van der Waals surface area contributed by atoms with Gasteiger partial charge in [-0.15, -0.1) is 24.0 Å². The SMILES string of the molecule is CC1CCCCC1NC(=NCC(=O)N(C)C)NCCCOCC1CCCO1.I. The average Bonchev–Trinajstić information content (AvgIpc) is 3.17. The fourth-order valence-corrected chi connectivity index (χ4v) is 3.52. The van der Waals surface area contributed by atoms with Crippen molar-refractivity contribution in [2.24, 2.45) is 10.9 Å². The zero-order valence-electron chi connectivity index (χ0n) is 17.7. The van der Waals surface area contributed by atoms with Crippen LogP contribution in [0.3, 0.4) is 0 Å². The minimum atomic E-state index is 0. The molecule has 0 aromatic heterocycles. The van der Waals surface area contributed by atoms with Gasteiger partial charge in [-0.2, -0.15) is 0 Å². The number of likely N-dealkylation sites (N-methyl/N-ethyl adjacent to an activating group) is 1. The molecule has 1 amide bonds. The summed E-state index contributed by atoms with van der Waals surface area (Å²) >= 11 is 0. The number of carbonyl (C=O) groups excluding carboxylic acids is 1. The molecule has 0 radical (unpaired) electrons. The van der Waals surface area contributed by atoms with Crippen molar-refractivity contribution in [3.05, 3.63) is 0 Å². The lowest BCUT2D eigenvalue weighted by Crippen LogP contribution is -2.48. The Labute approximate surface area is 187 Å². The molecule has 1 saturated heterocycles. The first kappa shape index (κ1) is 25.4. The van der Waals surface area contributed by atoms with E-state index in [-0.39, 0.29) is 42.5 Å². The Morgan fingerprint density at radius 1 is 1.21 bits per heavy atom. The van der Waals surface area contributed by atoms with E-state index in [2.05, 4.69) is 22.5 Å². The van der Waals surface area contributed by atoms with Gasteiger partial charge in [0.25, 0.3) is 0 Å². The highest BCUT2D eigenvalue weighted by molar-refractivity contribution is 14.0. The number of amides is 1. The largest absolute Gasteiger partial charge is 0.379 e. The van der Waals surface area contributed by atoms with Gasteiger partial charge in [0.05, 0.1) is 12.7 Å². The van der Waals surface area contributed by atoms with Crippen LogP contribution in [0.5, 0.6) is 0 Å². The van der Waals surface area contributed by atoms with Gasteiger partial charge in [0.15, 0.2) is 5.96 Å². The second-order valence-corrected chi connectivity index (χ2v) is 7.96. The average molecular weight is 510 g/mol. The van der Waals surface area contributed by atoms with Crippen molar-refractivity contribution in [3.63, 3.8) is 0 Å². The second-order valence-electron chi connectivity index (χ2n) is 7.96. The lowest BCUT2D eigenvalue weighted by atomic mass is 9.86. The Hall–Kier alpha value is -0.610. The van der Waals surface area contributed by atoms with E-state index >= 15 is 0 Å². The Morgan fingerprint density at radius 2 is 2.00 bits per heavy atom. The maximum absolute atomic E-state index is 11.9. The highest BCUT2D eigenvalue weighted by Crippen LogP contribution is 2.23. The molecule has 2 aliphatic rings. The van der Waals surface area contributed by atoms with Crippen LogP contribution in [-0.4, -0.2) is 75.9 Å². The smallest absolute Gasteiger partial charge is 0.243 e. The van der Waals surface area contributed by atoms with Crippen LogP contribution in [0.1, 0.15) is 51.9 Å². The van der Waals surface area contributed by atoms with Crippen LogP contribution >= 0.6 is 24.0 Å². The number of halogens is 1. The van der Waals surface area contributed by atoms with E-state index in [1.165, 1.54) is 19.3 Å². The third-order valence-corrected chi connectivity index (χ3v) is 5.39. The number of rotatable bonds is 9. The van der Waals surface area contributed by atoms with Crippen molar-refractivity contribution in [2.45, 2.75) is 64.0 Å². The van der Waals surface area contributed by atoms with Crippen molar-refractivity contribution in [3.8, 4) is 0 Å². The minimum Gasteiger partial charge on any atom is -0.379 e. The molecule has 1 heterocycles. The summed E-state index contributed by atoms with van der Waals surface area (Å²) < 4.78 is 11.3. The number of carbonyl (C=O) groups is 1. The Balaban J connectivity index is 0.00000392. The van der Waals surface area contributed by atoms with Crippen LogP contribution in [-0.2, 0) is 14.3 Å². The summed E-state index contributed by atoms with van der Waals surface area (Å²) in [7, 11) is 3.51. The molecular formula is C20H39IN4O3. The number of nitrogens with one attached hydrogen (secondary N) is 2. The summed E-state index contributed by atoms with van der Waals surface area (Å²) in [5.41, 5.74) is 0. The summed E-state index contributed by atoms with van der Waals surface area (Å²) in [4.78, 5) is 17.9. The van der Waals surface area contributed by atoms with Crippen LogP contribution in [0.25, 0.3) is 0 Å². The van der Waals surface area contributed by atoms with Crippen LogP contribution in [0.15, 0.2) is 4.99 Å². The normalized spacial score (nSPS) is 25.1. The molecule has 2 rings (SSSR count). The van der Waals surface area contributed by atoms with Gasteiger partial charge in [-0.1, -0.05) is 19.8 Å². The zero-order valence-corrected chi connectivity index (χ0v) is 20.1. The molecule has 0 aromatic carbocycles. The van der Waals surface area contributed by atoms with Gasteiger partial charge in [0.2, 0.25) is 5.91 Å². The van der Waals surface area contributed by atoms with Crippen LogP contribution in [0.2, 0.25) is 0 Å². The third-order valence-electron chi connectivity index (χ3n) is 5.39. The Morgan fingerprint density at radius 3 is 2.68 bits per heavy atom. The summed E-state index contributed by atoms with van der Waals surface area (Å²) in [5, 5.41) is 6.91. The van der Waals surface area contributed by atoms with E-state index in [1.54, 1.807) is 19.0 Å². The molecule has 0 bridgehead atoms. The molecule has 2 N–H and O–H groups in total. The number of hydrogen-bond acceptors (Lipinski definition) is 4. The first-order valence-electron chi connectivity index (χ1n) is 10.5. The molecule has 0 aromatic rings. The van der Waals surface area contributed by atoms with Gasteiger partial charge in [0.1, 0.15) is 6.54 Å². The molecule has 8 heteroatoms. The molecule has 1 saturated carbocycles. The van der Waals surface area contributed by atoms with Crippen LogP contribution in [0, 0.1) is 5.92 Å². The minimum absolute atomic E-state index is 0. The van der Waals surface area contributed by atoms with E-state index in [0.717, 1.165) is 44.8 Å². The molecule has 28 heavy (non-hydrogen) atoms. The maximum Gasteiger partial charge on any atom is 0.243 e. The van der Waals surface area contributed by atoms with Crippen molar-refractivity contribution >= 4 is 35.8 Å². The summed E-state index contributed by atoms with van der Waals surface area (Å²) in [6.45, 7) is 5.49. The molecule has 1 aliphatic carbocycles. The monoisotopic (exact) mass is 510 g/mol. The van der Waals surface area contributed by atoms with Gasteiger partial charge in [-0.3, -0.25) is 4.79 Å². The van der Waals surface area contributed by atoms with Gasteiger partial charge in [0, 0.05) is 39.9 Å². The molecule has 1 aliphatic heterocycles. The third kappa shape index (κ3) is 9.73. The van der Waals surface area contributed by atoms with Gasteiger partial charge in [-0.25, -0.2) is 4.99 Å². The van der Waals surface area contributed by atoms with Crippen LogP contribution < -0.4 is 10.6 Å². The van der Waals surface area contributed by atoms with E-state index in [9.17, 15) is 4.79 Å². The highest BCUT2D eigenvalue weighted by atomic mass is 127. The van der Waals surface area contributed by atoms with Crippen molar-refractivity contribution in [1.29, 1.82) is 0 Å². The van der Waals surface area contributed by atoms with Gasteiger partial charge in [-0.05, 0) is 38.0 Å². The summed E-state index contributed by atoms with van der Waals surface area (Å²) in [6.07, 6.45) is 8.40. The maximum atomic E-state index is 11.9. The molecule has 3 unspecified atom stereocenters. The molecule has 3 atom stereocenters. The number of ether oxygens (including phenoxy) is 2. The first-order valence-corrected chi connectivity index (χ1v) is 10.5. The van der Waals surface area contributed by atoms with Crippen molar-refractivity contribution < 1.29 is 14.3 Å². The lowest BCUT2D eigenvalue weighted by Gasteiger charge is -2.31. The van der Waals surface area contributed by atoms with E-state index in [1.807, 2.05) is 0 Å². The molecule has 0 spiro atoms. The van der Waals surface area contributed by atoms with Crippen LogP contribution in [0.4, 0.5) is 0 Å². The number of hydrogen-bond donors (Lipinski definition) is 2. The van der Waals surface area contributed by atoms with E-state index < -0.39 is 0 Å². The van der Waals surface area contributed by atoms with E-state index in [0.29, 0.717) is 25.2 Å². The van der Waals surface area contributed by atoms with Gasteiger partial charge < -0.3 is 25.0 Å². The molecular weight excluding hydrogens is 471 g/mol. The first-order chi connectivity index (χ1) is 13.1. The fourth-order valence-electron chi connectivity index (χ4n) is 3.52. The standard InChI is InChI=1S/C20H38N4O3.HI/c1-16-8-4-5-10-18(16)23-20(22-14-19(25)24(2)3)21-11-7-12-26-15-17-9-6-13-27-17;/h16-18H,4-15H2,1-3H3,(H2,21,22,23);1H. The number of nitrogens with zero attached hydrogens (tertiary/aromatic N) is 2. The quantitative estimate of drug-likeness (QED) is 0.216. The molecule has 164 valence electrons. The lowest BCUT2D eigenvalue weighted by molar-refractivity contribution is -0.127. The summed E-state index contributed by atoms with van der Waals surface area (Å²) in [5.74, 6) is 1.38. The molecule has 7 nitrogen and oxygen atoms in total. The Kier molecular flexibility index (Phi) is 13.1. The second kappa shape index (κ2) is 14.4. The zero-order chi connectivity index (χ0) is 19.5. The predicted molar refractivity (Wildman–Crippen MR) is 123 cm³/mol. The molecule has 2 fully saturated rings.